The van der Waals surface area contributed by atoms with Crippen LogP contribution in [0.4, 0.5) is 10.1 Å². The Bertz CT molecular complexity index is 798. The van der Waals surface area contributed by atoms with E-state index in [1.165, 1.54) is 12.1 Å². The Kier molecular flexibility index (Phi) is 4.79. The maximum atomic E-state index is 13.6. The van der Waals surface area contributed by atoms with Crippen molar-refractivity contribution >= 4 is 11.6 Å². The highest BCUT2D eigenvalue weighted by Crippen LogP contribution is 2.32. The molecule has 6 heteroatoms. The Morgan fingerprint density at radius 1 is 1.36 bits per heavy atom. The lowest BCUT2D eigenvalue weighted by atomic mass is 10.1. The van der Waals surface area contributed by atoms with E-state index >= 15 is 0 Å². The number of aromatic nitrogens is 2. The molecule has 1 amide bonds. The maximum absolute atomic E-state index is 13.6. The summed E-state index contributed by atoms with van der Waals surface area (Å²) in [6, 6.07) is 4.27. The Hall–Kier alpha value is -2.37. The molecule has 3 rings (SSSR count). The predicted octanol–water partition coefficient (Wildman–Crippen LogP) is 3.26. The summed E-state index contributed by atoms with van der Waals surface area (Å²) in [7, 11) is 0. The molecule has 1 aromatic carbocycles. The van der Waals surface area contributed by atoms with Gasteiger partial charge in [-0.25, -0.2) is 4.39 Å². The highest BCUT2D eigenvalue weighted by atomic mass is 19.1. The second-order valence-corrected chi connectivity index (χ2v) is 6.91. The van der Waals surface area contributed by atoms with E-state index in [0.717, 1.165) is 23.5 Å². The summed E-state index contributed by atoms with van der Waals surface area (Å²) in [5, 5.41) is 4.57. The quantitative estimate of drug-likeness (QED) is 0.854. The Morgan fingerprint density at radius 2 is 2.12 bits per heavy atom. The number of rotatable bonds is 4. The molecule has 0 aliphatic carbocycles. The van der Waals surface area contributed by atoms with Crippen LogP contribution in [0, 0.1) is 25.6 Å². The van der Waals surface area contributed by atoms with E-state index in [1.54, 1.807) is 11.0 Å². The Labute approximate surface area is 147 Å². The molecule has 0 spiro atoms. The zero-order chi connectivity index (χ0) is 18.1. The summed E-state index contributed by atoms with van der Waals surface area (Å²) in [4.78, 5) is 14.5. The molecular formula is C19H24FN3O2. The van der Waals surface area contributed by atoms with Crippen LogP contribution < -0.4 is 9.64 Å². The smallest absolute Gasteiger partial charge is 0.231 e. The van der Waals surface area contributed by atoms with Crippen LogP contribution in [0.15, 0.2) is 18.2 Å². The molecule has 5 nitrogen and oxygen atoms in total. The first-order valence-electron chi connectivity index (χ1n) is 8.62. The minimum Gasteiger partial charge on any atom is -0.490 e. The van der Waals surface area contributed by atoms with Gasteiger partial charge in [-0.2, -0.15) is 5.10 Å². The van der Waals surface area contributed by atoms with Crippen molar-refractivity contribution in [1.82, 2.24) is 9.78 Å². The van der Waals surface area contributed by atoms with Crippen LogP contribution in [0.5, 0.6) is 5.75 Å². The van der Waals surface area contributed by atoms with Gasteiger partial charge in [0.05, 0.1) is 24.3 Å². The lowest BCUT2D eigenvalue weighted by Gasteiger charge is -2.29. The van der Waals surface area contributed by atoms with Gasteiger partial charge in [-0.05, 0) is 31.9 Å². The van der Waals surface area contributed by atoms with E-state index < -0.39 is 0 Å². The monoisotopic (exact) mass is 345 g/mol. The molecule has 0 saturated carbocycles. The minimum absolute atomic E-state index is 0.0644. The van der Waals surface area contributed by atoms with E-state index in [2.05, 4.69) is 18.9 Å². The van der Waals surface area contributed by atoms with Crippen LogP contribution in [0.2, 0.25) is 0 Å². The molecule has 1 aliphatic heterocycles. The molecule has 25 heavy (non-hydrogen) atoms. The third-order valence-electron chi connectivity index (χ3n) is 4.48. The maximum Gasteiger partial charge on any atom is 0.231 e. The molecule has 1 aromatic heterocycles. The summed E-state index contributed by atoms with van der Waals surface area (Å²) in [6.07, 6.45) is 0.256. The molecule has 2 heterocycles. The number of carbonyl (C=O) groups is 1. The van der Waals surface area contributed by atoms with Crippen molar-refractivity contribution in [1.29, 1.82) is 0 Å². The van der Waals surface area contributed by atoms with E-state index in [1.807, 2.05) is 18.5 Å². The normalized spacial score (nSPS) is 13.8. The van der Waals surface area contributed by atoms with Gasteiger partial charge in [-0.15, -0.1) is 0 Å². The number of carbonyl (C=O) groups excluding carboxylic acids is 1. The highest BCUT2D eigenvalue weighted by molar-refractivity contribution is 5.96. The number of fused-ring (bicyclic) bond motifs is 1. The summed E-state index contributed by atoms with van der Waals surface area (Å²) in [5.74, 6) is 0.588. The van der Waals surface area contributed by atoms with Crippen molar-refractivity contribution in [2.75, 3.05) is 18.1 Å². The predicted molar refractivity (Wildman–Crippen MR) is 94.5 cm³/mol. The first kappa shape index (κ1) is 17.5. The SMILES string of the molecule is Cc1nn(CC(C)C)c(C)c1CC(=O)N1CCOc2ccc(F)cc21. The molecule has 0 radical (unpaired) electrons. The fraction of sp³-hybridized carbons (Fsp3) is 0.474. The van der Waals surface area contributed by atoms with E-state index in [-0.39, 0.29) is 18.1 Å². The van der Waals surface area contributed by atoms with Crippen LogP contribution in [0.1, 0.15) is 30.8 Å². The highest BCUT2D eigenvalue weighted by Gasteiger charge is 2.26. The number of anilines is 1. The van der Waals surface area contributed by atoms with Crippen molar-refractivity contribution in [3.63, 3.8) is 0 Å². The van der Waals surface area contributed by atoms with Gasteiger partial charge >= 0.3 is 0 Å². The lowest BCUT2D eigenvalue weighted by Crippen LogP contribution is -2.39. The first-order valence-corrected chi connectivity index (χ1v) is 8.62. The van der Waals surface area contributed by atoms with Gasteiger partial charge in [-0.1, -0.05) is 13.8 Å². The Balaban J connectivity index is 1.85. The number of halogens is 1. The fourth-order valence-corrected chi connectivity index (χ4v) is 3.21. The Morgan fingerprint density at radius 3 is 2.84 bits per heavy atom. The lowest BCUT2D eigenvalue weighted by molar-refractivity contribution is -0.118. The van der Waals surface area contributed by atoms with Gasteiger partial charge in [0.15, 0.2) is 0 Å². The number of benzene rings is 1. The van der Waals surface area contributed by atoms with E-state index in [9.17, 15) is 9.18 Å². The molecule has 0 atom stereocenters. The summed E-state index contributed by atoms with van der Waals surface area (Å²) < 4.78 is 21.1. The van der Waals surface area contributed by atoms with Crippen LogP contribution in [0.3, 0.4) is 0 Å². The van der Waals surface area contributed by atoms with Crippen LogP contribution >= 0.6 is 0 Å². The minimum atomic E-state index is -0.376. The number of ether oxygens (including phenoxy) is 1. The molecule has 0 saturated heterocycles. The van der Waals surface area contributed by atoms with Gasteiger partial charge in [0.2, 0.25) is 5.91 Å². The number of hydrogen-bond donors (Lipinski definition) is 0. The third-order valence-corrected chi connectivity index (χ3v) is 4.48. The molecule has 2 aromatic rings. The van der Waals surface area contributed by atoms with Crippen molar-refractivity contribution in [2.24, 2.45) is 5.92 Å². The molecule has 134 valence electrons. The van der Waals surface area contributed by atoms with Crippen molar-refractivity contribution < 1.29 is 13.9 Å². The van der Waals surface area contributed by atoms with Gasteiger partial charge in [0.25, 0.3) is 0 Å². The topological polar surface area (TPSA) is 47.4 Å². The molecule has 0 unspecified atom stereocenters. The van der Waals surface area contributed by atoms with Gasteiger partial charge in [-0.3, -0.25) is 9.48 Å². The van der Waals surface area contributed by atoms with Crippen LogP contribution in [-0.2, 0) is 17.8 Å². The summed E-state index contributed by atoms with van der Waals surface area (Å²) in [6.45, 7) is 9.87. The second-order valence-electron chi connectivity index (χ2n) is 6.91. The second kappa shape index (κ2) is 6.86. The molecule has 0 N–H and O–H groups in total. The molecule has 0 fully saturated rings. The first-order chi connectivity index (χ1) is 11.9. The average molecular weight is 345 g/mol. The zero-order valence-electron chi connectivity index (χ0n) is 15.2. The summed E-state index contributed by atoms with van der Waals surface area (Å²) >= 11 is 0. The third kappa shape index (κ3) is 3.52. The molecular weight excluding hydrogens is 321 g/mol. The van der Waals surface area contributed by atoms with Gasteiger partial charge in [0.1, 0.15) is 18.2 Å². The van der Waals surface area contributed by atoms with Crippen LogP contribution in [-0.4, -0.2) is 28.8 Å². The van der Waals surface area contributed by atoms with E-state index in [0.29, 0.717) is 30.5 Å². The summed E-state index contributed by atoms with van der Waals surface area (Å²) in [5.41, 5.74) is 3.35. The fourth-order valence-electron chi connectivity index (χ4n) is 3.21. The van der Waals surface area contributed by atoms with Crippen molar-refractivity contribution in [3.8, 4) is 5.75 Å². The zero-order valence-corrected chi connectivity index (χ0v) is 15.2. The van der Waals surface area contributed by atoms with Gasteiger partial charge in [0, 0.05) is 23.9 Å². The van der Waals surface area contributed by atoms with E-state index in [4.69, 9.17) is 4.74 Å². The standard InChI is InChI=1S/C19H24FN3O2/c1-12(2)11-23-14(4)16(13(3)21-23)10-19(24)22-7-8-25-18-6-5-15(20)9-17(18)22/h5-6,9,12H,7-8,10-11H2,1-4H3. The number of amides is 1. The largest absolute Gasteiger partial charge is 0.490 e. The van der Waals surface area contributed by atoms with Gasteiger partial charge < -0.3 is 9.64 Å². The molecule has 1 aliphatic rings. The van der Waals surface area contributed by atoms with Crippen molar-refractivity contribution in [2.45, 2.75) is 40.7 Å². The van der Waals surface area contributed by atoms with Crippen molar-refractivity contribution in [3.05, 3.63) is 41.0 Å². The number of aryl methyl sites for hydroxylation is 1. The van der Waals surface area contributed by atoms with Crippen LogP contribution in [0.25, 0.3) is 0 Å². The number of hydrogen-bond acceptors (Lipinski definition) is 3. The molecule has 0 bridgehead atoms. The number of nitrogens with zero attached hydrogens (tertiary/aromatic N) is 3. The average Bonchev–Trinajstić information content (AvgIpc) is 2.81.